The zero-order valence-corrected chi connectivity index (χ0v) is 16.3. The Kier molecular flexibility index (Phi) is 4.85. The Bertz CT molecular complexity index is 720. The van der Waals surface area contributed by atoms with E-state index in [1.807, 2.05) is 0 Å². The highest BCUT2D eigenvalue weighted by molar-refractivity contribution is 5.42. The van der Waals surface area contributed by atoms with Crippen LogP contribution >= 0.6 is 0 Å². The van der Waals surface area contributed by atoms with Crippen LogP contribution in [0.15, 0.2) is 24.3 Å². The van der Waals surface area contributed by atoms with E-state index in [9.17, 15) is 0 Å². The molecule has 2 aromatic carbocycles. The van der Waals surface area contributed by atoms with Gasteiger partial charge in [-0.2, -0.15) is 0 Å². The van der Waals surface area contributed by atoms with Gasteiger partial charge in [-0.15, -0.1) is 0 Å². The van der Waals surface area contributed by atoms with Gasteiger partial charge in [-0.05, 0) is 110 Å². The third-order valence-corrected chi connectivity index (χ3v) is 6.09. The van der Waals surface area contributed by atoms with Crippen LogP contribution in [0.2, 0.25) is 0 Å². The van der Waals surface area contributed by atoms with Crippen molar-refractivity contribution in [3.8, 4) is 0 Å². The molecule has 0 fully saturated rings. The average molecular weight is 321 g/mol. The zero-order chi connectivity index (χ0) is 17.4. The van der Waals surface area contributed by atoms with Crippen LogP contribution in [0.5, 0.6) is 0 Å². The largest absolute Gasteiger partial charge is 0.0619 e. The second kappa shape index (κ2) is 6.75. The maximum Gasteiger partial charge on any atom is -0.0184 e. The van der Waals surface area contributed by atoms with E-state index in [4.69, 9.17) is 0 Å². The molecule has 2 aliphatic carbocycles. The Hall–Kier alpha value is -1.56. The van der Waals surface area contributed by atoms with Gasteiger partial charge in [0.15, 0.2) is 0 Å². The lowest BCUT2D eigenvalue weighted by Gasteiger charge is -2.07. The van der Waals surface area contributed by atoms with Gasteiger partial charge in [-0.1, -0.05) is 38.1 Å². The molecular weight excluding hydrogens is 288 g/mol. The molecule has 0 heteroatoms. The van der Waals surface area contributed by atoms with Gasteiger partial charge < -0.3 is 0 Å². The Morgan fingerprint density at radius 2 is 1.12 bits per heavy atom. The molecular formula is C24H32. The van der Waals surface area contributed by atoms with Crippen LogP contribution in [0.4, 0.5) is 0 Å². The molecule has 0 spiro atoms. The molecule has 24 heavy (non-hydrogen) atoms. The molecule has 0 saturated carbocycles. The number of benzene rings is 2. The van der Waals surface area contributed by atoms with E-state index >= 15 is 0 Å². The molecule has 128 valence electrons. The molecule has 1 unspecified atom stereocenters. The first-order valence-corrected chi connectivity index (χ1v) is 9.54. The van der Waals surface area contributed by atoms with Crippen LogP contribution < -0.4 is 0 Å². The quantitative estimate of drug-likeness (QED) is 0.527. The average Bonchev–Trinajstić information content (AvgIpc) is 3.04. The molecule has 0 amide bonds. The summed E-state index contributed by atoms with van der Waals surface area (Å²) >= 11 is 0. The van der Waals surface area contributed by atoms with Gasteiger partial charge in [0.25, 0.3) is 0 Å². The number of aryl methyl sites for hydroxylation is 5. The van der Waals surface area contributed by atoms with Gasteiger partial charge >= 0.3 is 0 Å². The fourth-order valence-corrected chi connectivity index (χ4v) is 4.24. The van der Waals surface area contributed by atoms with Gasteiger partial charge in [-0.25, -0.2) is 0 Å². The zero-order valence-electron chi connectivity index (χ0n) is 16.3. The molecule has 0 N–H and O–H groups in total. The predicted octanol–water partition coefficient (Wildman–Crippen LogP) is 6.39. The molecule has 1 atom stereocenters. The molecule has 0 saturated heterocycles. The number of hydrogen-bond donors (Lipinski definition) is 0. The van der Waals surface area contributed by atoms with E-state index in [0.717, 1.165) is 11.8 Å². The summed E-state index contributed by atoms with van der Waals surface area (Å²) in [6.45, 7) is 13.5. The standard InChI is InChI=1S/2C12H16/c1-8-4-11-6-9(2)10(3)7-12(11)5-8;1-8-4-5-11-6-9(2)10(3)7-12(8)11/h2*6-8H,4-5H2,1-3H3. The van der Waals surface area contributed by atoms with E-state index < -0.39 is 0 Å². The Morgan fingerprint density at radius 3 is 1.67 bits per heavy atom. The minimum absolute atomic E-state index is 0.791. The van der Waals surface area contributed by atoms with Crippen LogP contribution in [0, 0.1) is 33.6 Å². The molecule has 4 rings (SSSR count). The normalized spacial score (nSPS) is 18.8. The summed E-state index contributed by atoms with van der Waals surface area (Å²) in [5.74, 6) is 1.65. The summed E-state index contributed by atoms with van der Waals surface area (Å²) in [5, 5.41) is 0. The van der Waals surface area contributed by atoms with E-state index in [-0.39, 0.29) is 0 Å². The summed E-state index contributed by atoms with van der Waals surface area (Å²) in [6.07, 6.45) is 5.21. The first-order valence-electron chi connectivity index (χ1n) is 9.54. The minimum Gasteiger partial charge on any atom is -0.0619 e. The van der Waals surface area contributed by atoms with Crippen LogP contribution in [0.25, 0.3) is 0 Å². The Morgan fingerprint density at radius 1 is 0.667 bits per heavy atom. The van der Waals surface area contributed by atoms with Crippen molar-refractivity contribution in [2.45, 2.75) is 73.1 Å². The molecule has 2 aliphatic rings. The number of rotatable bonds is 0. The highest BCUT2D eigenvalue weighted by atomic mass is 14.2. The first-order chi connectivity index (χ1) is 11.3. The Labute approximate surface area is 148 Å². The van der Waals surface area contributed by atoms with E-state index in [1.165, 1.54) is 47.9 Å². The van der Waals surface area contributed by atoms with Gasteiger partial charge in [0.1, 0.15) is 0 Å². The van der Waals surface area contributed by atoms with Crippen molar-refractivity contribution in [3.05, 3.63) is 68.8 Å². The smallest absolute Gasteiger partial charge is 0.0184 e. The lowest BCUT2D eigenvalue weighted by molar-refractivity contribution is 0.627. The lowest BCUT2D eigenvalue weighted by Crippen LogP contribution is -1.90. The van der Waals surface area contributed by atoms with Crippen molar-refractivity contribution in [2.75, 3.05) is 0 Å². The van der Waals surface area contributed by atoms with Crippen molar-refractivity contribution < 1.29 is 0 Å². The second-order valence-electron chi connectivity index (χ2n) is 8.29. The summed E-state index contributed by atoms with van der Waals surface area (Å²) < 4.78 is 0. The maximum atomic E-state index is 2.38. The van der Waals surface area contributed by atoms with Gasteiger partial charge in [0.2, 0.25) is 0 Å². The molecule has 0 aromatic heterocycles. The van der Waals surface area contributed by atoms with Crippen LogP contribution in [-0.4, -0.2) is 0 Å². The third kappa shape index (κ3) is 3.43. The molecule has 0 bridgehead atoms. The maximum absolute atomic E-state index is 2.38. The van der Waals surface area contributed by atoms with E-state index in [2.05, 4.69) is 65.8 Å². The molecule has 0 heterocycles. The van der Waals surface area contributed by atoms with Crippen molar-refractivity contribution in [1.82, 2.24) is 0 Å². The van der Waals surface area contributed by atoms with Gasteiger partial charge in [-0.3, -0.25) is 0 Å². The summed E-state index contributed by atoms with van der Waals surface area (Å²) in [4.78, 5) is 0. The van der Waals surface area contributed by atoms with Crippen molar-refractivity contribution in [2.24, 2.45) is 5.92 Å². The van der Waals surface area contributed by atoms with Gasteiger partial charge in [0, 0.05) is 0 Å². The van der Waals surface area contributed by atoms with Crippen molar-refractivity contribution in [1.29, 1.82) is 0 Å². The number of hydrogen-bond acceptors (Lipinski definition) is 0. The SMILES string of the molecule is Cc1cc2c(cc1C)C(C)CC2.Cc1cc2c(cc1C)CC(C)C2. The fourth-order valence-electron chi connectivity index (χ4n) is 4.24. The predicted molar refractivity (Wildman–Crippen MR) is 105 cm³/mol. The topological polar surface area (TPSA) is 0 Å². The minimum atomic E-state index is 0.791. The first kappa shape index (κ1) is 17.3. The third-order valence-electron chi connectivity index (χ3n) is 6.09. The second-order valence-corrected chi connectivity index (χ2v) is 8.29. The Balaban J connectivity index is 0.000000141. The van der Waals surface area contributed by atoms with Gasteiger partial charge in [0.05, 0.1) is 0 Å². The van der Waals surface area contributed by atoms with Crippen molar-refractivity contribution in [3.63, 3.8) is 0 Å². The summed E-state index contributed by atoms with van der Waals surface area (Å²) in [5.41, 5.74) is 12.1. The monoisotopic (exact) mass is 320 g/mol. The van der Waals surface area contributed by atoms with Crippen LogP contribution in [0.1, 0.15) is 70.7 Å². The molecule has 0 aliphatic heterocycles. The van der Waals surface area contributed by atoms with E-state index in [0.29, 0.717) is 0 Å². The lowest BCUT2D eigenvalue weighted by atomic mass is 9.98. The van der Waals surface area contributed by atoms with E-state index in [1.54, 1.807) is 22.3 Å². The highest BCUT2D eigenvalue weighted by Crippen LogP contribution is 2.34. The summed E-state index contributed by atoms with van der Waals surface area (Å²) in [6, 6.07) is 9.48. The number of fused-ring (bicyclic) bond motifs is 2. The van der Waals surface area contributed by atoms with Crippen LogP contribution in [-0.2, 0) is 19.3 Å². The molecule has 0 nitrogen and oxygen atoms in total. The molecule has 2 aromatic rings. The van der Waals surface area contributed by atoms with Crippen LogP contribution in [0.3, 0.4) is 0 Å². The highest BCUT2D eigenvalue weighted by Gasteiger charge is 2.19. The fraction of sp³-hybridized carbons (Fsp3) is 0.500. The van der Waals surface area contributed by atoms with Crippen molar-refractivity contribution >= 4 is 0 Å². The summed E-state index contributed by atoms with van der Waals surface area (Å²) in [7, 11) is 0. The molecule has 0 radical (unpaired) electrons.